The third-order valence-corrected chi connectivity index (χ3v) is 2.39. The van der Waals surface area contributed by atoms with Gasteiger partial charge in [0.2, 0.25) is 0 Å². The summed E-state index contributed by atoms with van der Waals surface area (Å²) in [4.78, 5) is 19.4. The topological polar surface area (TPSA) is 59.8 Å². The van der Waals surface area contributed by atoms with Crippen LogP contribution in [0.5, 0.6) is 0 Å². The summed E-state index contributed by atoms with van der Waals surface area (Å²) in [6.45, 7) is 0.597. The molecule has 0 aliphatic heterocycles. The van der Waals surface area contributed by atoms with E-state index in [2.05, 4.69) is 15.3 Å². The molecule has 0 aliphatic carbocycles. The summed E-state index contributed by atoms with van der Waals surface area (Å²) in [5.41, 5.74) is 1.55. The lowest BCUT2D eigenvalue weighted by Gasteiger charge is -2.02. The molecule has 0 aromatic carbocycles. The van der Waals surface area contributed by atoms with Gasteiger partial charge in [-0.15, -0.1) is 0 Å². The zero-order chi connectivity index (χ0) is 12.1. The summed E-state index contributed by atoms with van der Waals surface area (Å²) in [5, 5.41) is 2.81. The van der Waals surface area contributed by atoms with Crippen molar-refractivity contribution in [2.24, 2.45) is 7.05 Å². The minimum atomic E-state index is -0.186. The van der Waals surface area contributed by atoms with Crippen LogP contribution in [0.25, 0.3) is 0 Å². The highest BCUT2D eigenvalue weighted by Crippen LogP contribution is 1.99. The van der Waals surface area contributed by atoms with Gasteiger partial charge in [0.05, 0.1) is 6.20 Å². The van der Waals surface area contributed by atoms with Crippen LogP contribution in [0.4, 0.5) is 0 Å². The van der Waals surface area contributed by atoms with Crippen molar-refractivity contribution in [3.8, 4) is 0 Å². The first kappa shape index (κ1) is 11.3. The molecule has 0 saturated heterocycles. The van der Waals surface area contributed by atoms with Crippen LogP contribution in [-0.2, 0) is 13.5 Å². The molecule has 2 heterocycles. The molecular weight excluding hydrogens is 216 g/mol. The Hall–Kier alpha value is -2.17. The number of aromatic nitrogens is 3. The van der Waals surface area contributed by atoms with Crippen LogP contribution in [0.1, 0.15) is 16.1 Å². The van der Waals surface area contributed by atoms with Gasteiger partial charge in [-0.25, -0.2) is 4.98 Å². The number of nitrogens with zero attached hydrogens (tertiary/aromatic N) is 3. The van der Waals surface area contributed by atoms with E-state index >= 15 is 0 Å². The normalized spacial score (nSPS) is 10.2. The van der Waals surface area contributed by atoms with Crippen molar-refractivity contribution in [1.29, 1.82) is 0 Å². The third kappa shape index (κ3) is 3.14. The standard InChI is InChI=1S/C12H14N4O/c1-16-7-3-10(9-16)2-4-15-12(17)11-8-13-5-6-14-11/h3,5-9H,2,4H2,1H3,(H,15,17). The Kier molecular flexibility index (Phi) is 3.49. The highest BCUT2D eigenvalue weighted by atomic mass is 16.1. The zero-order valence-corrected chi connectivity index (χ0v) is 9.63. The summed E-state index contributed by atoms with van der Waals surface area (Å²) < 4.78 is 1.99. The molecule has 5 heteroatoms. The molecule has 1 amide bonds. The van der Waals surface area contributed by atoms with Crippen molar-refractivity contribution in [3.05, 3.63) is 48.3 Å². The van der Waals surface area contributed by atoms with Gasteiger partial charge >= 0.3 is 0 Å². The maximum atomic E-state index is 11.6. The molecule has 0 fully saturated rings. The van der Waals surface area contributed by atoms with Gasteiger partial charge in [0.1, 0.15) is 5.69 Å². The number of carbonyl (C=O) groups is 1. The van der Waals surface area contributed by atoms with Gasteiger partial charge in [0.15, 0.2) is 0 Å². The van der Waals surface area contributed by atoms with E-state index in [4.69, 9.17) is 0 Å². The summed E-state index contributed by atoms with van der Waals surface area (Å²) in [6.07, 6.45) is 9.34. The Bertz CT molecular complexity index is 492. The molecule has 1 N–H and O–H groups in total. The predicted molar refractivity (Wildman–Crippen MR) is 63.5 cm³/mol. The lowest BCUT2D eigenvalue weighted by atomic mass is 10.2. The second kappa shape index (κ2) is 5.25. The molecule has 2 aromatic rings. The molecule has 17 heavy (non-hydrogen) atoms. The Morgan fingerprint density at radius 2 is 2.35 bits per heavy atom. The fourth-order valence-corrected chi connectivity index (χ4v) is 1.54. The number of rotatable bonds is 4. The first-order chi connectivity index (χ1) is 8.25. The van der Waals surface area contributed by atoms with Gasteiger partial charge in [-0.05, 0) is 18.1 Å². The summed E-state index contributed by atoms with van der Waals surface area (Å²) in [5.74, 6) is -0.186. The first-order valence-electron chi connectivity index (χ1n) is 5.41. The average molecular weight is 230 g/mol. The Morgan fingerprint density at radius 3 is 3.00 bits per heavy atom. The second-order valence-corrected chi connectivity index (χ2v) is 3.78. The fraction of sp³-hybridized carbons (Fsp3) is 0.250. The first-order valence-corrected chi connectivity index (χ1v) is 5.41. The SMILES string of the molecule is Cn1ccc(CCNC(=O)c2cnccn2)c1. The van der Waals surface area contributed by atoms with Crippen molar-refractivity contribution in [2.45, 2.75) is 6.42 Å². The summed E-state index contributed by atoms with van der Waals surface area (Å²) in [6, 6.07) is 2.04. The van der Waals surface area contributed by atoms with Gasteiger partial charge in [-0.1, -0.05) is 0 Å². The predicted octanol–water partition coefficient (Wildman–Crippen LogP) is 0.788. The molecule has 0 spiro atoms. The summed E-state index contributed by atoms with van der Waals surface area (Å²) in [7, 11) is 1.97. The molecule has 88 valence electrons. The van der Waals surface area contributed by atoms with Crippen molar-refractivity contribution < 1.29 is 4.79 Å². The van der Waals surface area contributed by atoms with Crippen LogP contribution in [-0.4, -0.2) is 27.0 Å². The smallest absolute Gasteiger partial charge is 0.271 e. The highest BCUT2D eigenvalue weighted by Gasteiger charge is 2.05. The lowest BCUT2D eigenvalue weighted by molar-refractivity contribution is 0.0949. The van der Waals surface area contributed by atoms with Crippen LogP contribution in [0.2, 0.25) is 0 Å². The fourth-order valence-electron chi connectivity index (χ4n) is 1.54. The summed E-state index contributed by atoms with van der Waals surface area (Å²) >= 11 is 0. The van der Waals surface area contributed by atoms with Gasteiger partial charge in [-0.2, -0.15) is 0 Å². The molecule has 0 unspecified atom stereocenters. The second-order valence-electron chi connectivity index (χ2n) is 3.78. The lowest BCUT2D eigenvalue weighted by Crippen LogP contribution is -2.26. The molecule has 0 aliphatic rings. The van der Waals surface area contributed by atoms with E-state index in [1.807, 2.05) is 30.1 Å². The monoisotopic (exact) mass is 230 g/mol. The number of amides is 1. The molecule has 5 nitrogen and oxygen atoms in total. The van der Waals surface area contributed by atoms with E-state index in [0.717, 1.165) is 6.42 Å². The number of hydrogen-bond acceptors (Lipinski definition) is 3. The maximum absolute atomic E-state index is 11.6. The number of aryl methyl sites for hydroxylation is 1. The quantitative estimate of drug-likeness (QED) is 0.844. The molecule has 0 saturated carbocycles. The molecule has 2 rings (SSSR count). The van der Waals surface area contributed by atoms with Crippen LogP contribution in [0.3, 0.4) is 0 Å². The van der Waals surface area contributed by atoms with Crippen LogP contribution >= 0.6 is 0 Å². The zero-order valence-electron chi connectivity index (χ0n) is 9.63. The Morgan fingerprint density at radius 1 is 1.47 bits per heavy atom. The third-order valence-electron chi connectivity index (χ3n) is 2.39. The van der Waals surface area contributed by atoms with E-state index in [0.29, 0.717) is 12.2 Å². The van der Waals surface area contributed by atoms with Crippen molar-refractivity contribution in [1.82, 2.24) is 19.9 Å². The average Bonchev–Trinajstić information content (AvgIpc) is 2.76. The van der Waals surface area contributed by atoms with Crippen LogP contribution in [0, 0.1) is 0 Å². The molecule has 0 radical (unpaired) electrons. The minimum Gasteiger partial charge on any atom is -0.357 e. The van der Waals surface area contributed by atoms with Crippen LogP contribution in [0.15, 0.2) is 37.1 Å². The maximum Gasteiger partial charge on any atom is 0.271 e. The number of hydrogen-bond donors (Lipinski definition) is 1. The van der Waals surface area contributed by atoms with Crippen molar-refractivity contribution in [3.63, 3.8) is 0 Å². The van der Waals surface area contributed by atoms with Gasteiger partial charge in [0, 0.05) is 38.4 Å². The Labute approximate surface area is 99.5 Å². The van der Waals surface area contributed by atoms with E-state index in [9.17, 15) is 4.79 Å². The van der Waals surface area contributed by atoms with Crippen molar-refractivity contribution in [2.75, 3.05) is 6.54 Å². The van der Waals surface area contributed by atoms with E-state index in [1.54, 1.807) is 6.20 Å². The highest BCUT2D eigenvalue weighted by molar-refractivity contribution is 5.91. The number of carbonyl (C=O) groups excluding carboxylic acids is 1. The molecule has 2 aromatic heterocycles. The van der Waals surface area contributed by atoms with E-state index in [-0.39, 0.29) is 5.91 Å². The number of nitrogens with one attached hydrogen (secondary N) is 1. The largest absolute Gasteiger partial charge is 0.357 e. The minimum absolute atomic E-state index is 0.186. The molecular formula is C12H14N4O. The van der Waals surface area contributed by atoms with Crippen LogP contribution < -0.4 is 5.32 Å². The van der Waals surface area contributed by atoms with Gasteiger partial charge in [-0.3, -0.25) is 9.78 Å². The molecule has 0 atom stereocenters. The van der Waals surface area contributed by atoms with Crippen molar-refractivity contribution >= 4 is 5.91 Å². The van der Waals surface area contributed by atoms with E-state index in [1.165, 1.54) is 18.0 Å². The van der Waals surface area contributed by atoms with Gasteiger partial charge in [0.25, 0.3) is 5.91 Å². The van der Waals surface area contributed by atoms with E-state index < -0.39 is 0 Å². The molecule has 0 bridgehead atoms. The Balaban J connectivity index is 1.81. The van der Waals surface area contributed by atoms with Gasteiger partial charge < -0.3 is 9.88 Å².